The van der Waals surface area contributed by atoms with Crippen LogP contribution in [0.25, 0.3) is 0 Å². The van der Waals surface area contributed by atoms with Gasteiger partial charge in [0.05, 0.1) is 0 Å². The van der Waals surface area contributed by atoms with Crippen LogP contribution in [0.2, 0.25) is 5.02 Å². The van der Waals surface area contributed by atoms with Crippen molar-refractivity contribution in [2.24, 2.45) is 0 Å². The first kappa shape index (κ1) is 11.6. The first-order chi connectivity index (χ1) is 8.27. The summed E-state index contributed by atoms with van der Waals surface area (Å²) in [6, 6.07) is 4.41. The van der Waals surface area contributed by atoms with E-state index in [2.05, 4.69) is 19.1 Å². The molecule has 0 atom stereocenters. The van der Waals surface area contributed by atoms with Crippen LogP contribution in [0.15, 0.2) is 12.1 Å². The van der Waals surface area contributed by atoms with E-state index in [0.29, 0.717) is 0 Å². The molecule has 0 saturated heterocycles. The monoisotopic (exact) mass is 248 g/mol. The fourth-order valence-corrected chi connectivity index (χ4v) is 3.80. The second-order valence-electron chi connectivity index (χ2n) is 5.78. The Morgan fingerprint density at radius 2 is 1.65 bits per heavy atom. The zero-order valence-corrected chi connectivity index (χ0v) is 11.4. The molecule has 1 aromatic carbocycles. The van der Waals surface area contributed by atoms with Gasteiger partial charge in [-0.2, -0.15) is 0 Å². The highest BCUT2D eigenvalue weighted by Gasteiger charge is 2.28. The van der Waals surface area contributed by atoms with Crippen molar-refractivity contribution >= 4 is 11.6 Å². The molecule has 0 N–H and O–H groups in total. The van der Waals surface area contributed by atoms with E-state index in [4.69, 9.17) is 11.6 Å². The number of hydrogen-bond donors (Lipinski definition) is 0. The lowest BCUT2D eigenvalue weighted by molar-refractivity contribution is 0.442. The van der Waals surface area contributed by atoms with Gasteiger partial charge in [-0.05, 0) is 67.2 Å². The van der Waals surface area contributed by atoms with E-state index in [1.54, 1.807) is 5.56 Å². The summed E-state index contributed by atoms with van der Waals surface area (Å²) in [5.74, 6) is 1.57. The van der Waals surface area contributed by atoms with Crippen LogP contribution in [0.5, 0.6) is 0 Å². The molecule has 0 amide bonds. The highest BCUT2D eigenvalue weighted by Crippen LogP contribution is 2.46. The van der Waals surface area contributed by atoms with Crippen molar-refractivity contribution in [2.45, 2.75) is 63.7 Å². The highest BCUT2D eigenvalue weighted by atomic mass is 35.5. The van der Waals surface area contributed by atoms with E-state index in [1.165, 1.54) is 56.1 Å². The van der Waals surface area contributed by atoms with Gasteiger partial charge >= 0.3 is 0 Å². The third-order valence-electron chi connectivity index (χ3n) is 4.53. The molecule has 2 saturated carbocycles. The molecular weight excluding hydrogens is 228 g/mol. The summed E-state index contributed by atoms with van der Waals surface area (Å²) in [6.45, 7) is 2.30. The van der Waals surface area contributed by atoms with Gasteiger partial charge in [0.15, 0.2) is 0 Å². The van der Waals surface area contributed by atoms with Crippen LogP contribution in [0.1, 0.15) is 73.5 Å². The molecule has 1 aromatic rings. The minimum Gasteiger partial charge on any atom is -0.0840 e. The van der Waals surface area contributed by atoms with Crippen LogP contribution in [0.3, 0.4) is 0 Å². The summed E-state index contributed by atoms with van der Waals surface area (Å²) < 4.78 is 0. The molecule has 0 nitrogen and oxygen atoms in total. The molecule has 0 aromatic heterocycles. The molecule has 0 radical (unpaired) electrons. The summed E-state index contributed by atoms with van der Waals surface area (Å²) in [6.07, 6.45) is 9.63. The van der Waals surface area contributed by atoms with Crippen LogP contribution >= 0.6 is 11.6 Å². The van der Waals surface area contributed by atoms with Crippen molar-refractivity contribution in [3.05, 3.63) is 33.8 Å². The Hall–Kier alpha value is -0.490. The summed E-state index contributed by atoms with van der Waals surface area (Å²) in [4.78, 5) is 0. The van der Waals surface area contributed by atoms with E-state index < -0.39 is 0 Å². The number of rotatable bonds is 2. The molecule has 2 aliphatic rings. The van der Waals surface area contributed by atoms with Crippen molar-refractivity contribution in [2.75, 3.05) is 0 Å². The van der Waals surface area contributed by atoms with Crippen molar-refractivity contribution < 1.29 is 0 Å². The molecular formula is C16H21Cl. The molecule has 92 valence electrons. The topological polar surface area (TPSA) is 0 Å². The van der Waals surface area contributed by atoms with Crippen molar-refractivity contribution in [3.63, 3.8) is 0 Å². The third kappa shape index (κ3) is 2.25. The third-order valence-corrected chi connectivity index (χ3v) is 4.86. The van der Waals surface area contributed by atoms with Gasteiger partial charge in [0, 0.05) is 5.02 Å². The average molecular weight is 249 g/mol. The van der Waals surface area contributed by atoms with Crippen LogP contribution < -0.4 is 0 Å². The van der Waals surface area contributed by atoms with Crippen molar-refractivity contribution in [1.29, 1.82) is 0 Å². The molecule has 2 aliphatic carbocycles. The Labute approximate surface area is 109 Å². The highest BCUT2D eigenvalue weighted by molar-refractivity contribution is 6.31. The smallest absolute Gasteiger partial charge is 0.0443 e. The Morgan fingerprint density at radius 3 is 2.29 bits per heavy atom. The van der Waals surface area contributed by atoms with Crippen LogP contribution in [-0.4, -0.2) is 0 Å². The first-order valence-corrected chi connectivity index (χ1v) is 7.44. The fourth-order valence-electron chi connectivity index (χ4n) is 3.44. The zero-order chi connectivity index (χ0) is 11.8. The van der Waals surface area contributed by atoms with Crippen LogP contribution in [0, 0.1) is 6.92 Å². The normalized spacial score (nSPS) is 21.8. The second kappa shape index (κ2) is 4.65. The zero-order valence-electron chi connectivity index (χ0n) is 10.6. The minimum atomic E-state index is 0.731. The Morgan fingerprint density at radius 1 is 0.941 bits per heavy atom. The predicted molar refractivity (Wildman–Crippen MR) is 74.0 cm³/mol. The lowest BCUT2D eigenvalue weighted by Gasteiger charge is -2.26. The SMILES string of the molecule is Cc1c(C2CC2)ccc(Cl)c1C1CCCCC1. The molecule has 0 bridgehead atoms. The van der Waals surface area contributed by atoms with Gasteiger partial charge in [-0.1, -0.05) is 36.9 Å². The van der Waals surface area contributed by atoms with E-state index in [0.717, 1.165) is 16.9 Å². The quantitative estimate of drug-likeness (QED) is 0.642. The van der Waals surface area contributed by atoms with Gasteiger partial charge in [0.25, 0.3) is 0 Å². The number of hydrogen-bond acceptors (Lipinski definition) is 0. The maximum Gasteiger partial charge on any atom is 0.0443 e. The second-order valence-corrected chi connectivity index (χ2v) is 6.19. The van der Waals surface area contributed by atoms with Gasteiger partial charge < -0.3 is 0 Å². The van der Waals surface area contributed by atoms with Gasteiger partial charge in [0.1, 0.15) is 0 Å². The summed E-state index contributed by atoms with van der Waals surface area (Å²) in [5, 5.41) is 1.01. The predicted octanol–water partition coefficient (Wildman–Crippen LogP) is 5.57. The summed E-state index contributed by atoms with van der Waals surface area (Å²) in [7, 11) is 0. The molecule has 0 heterocycles. The molecule has 17 heavy (non-hydrogen) atoms. The molecule has 0 aliphatic heterocycles. The standard InChI is InChI=1S/C16H21Cl/c1-11-14(12-7-8-12)9-10-15(17)16(11)13-5-3-2-4-6-13/h9-10,12-13H,2-8H2,1H3. The lowest BCUT2D eigenvalue weighted by Crippen LogP contribution is -2.08. The maximum absolute atomic E-state index is 6.46. The minimum absolute atomic E-state index is 0.731. The molecule has 2 fully saturated rings. The molecule has 3 rings (SSSR count). The van der Waals surface area contributed by atoms with Crippen LogP contribution in [-0.2, 0) is 0 Å². The maximum atomic E-state index is 6.46. The summed E-state index contributed by atoms with van der Waals surface area (Å²) in [5.41, 5.74) is 4.57. The van der Waals surface area contributed by atoms with Gasteiger partial charge in [-0.25, -0.2) is 0 Å². The van der Waals surface area contributed by atoms with Gasteiger partial charge in [-0.15, -0.1) is 0 Å². The van der Waals surface area contributed by atoms with Gasteiger partial charge in [0.2, 0.25) is 0 Å². The fraction of sp³-hybridized carbons (Fsp3) is 0.625. The molecule has 1 heteroatoms. The average Bonchev–Trinajstić information content (AvgIpc) is 3.15. The molecule has 0 spiro atoms. The van der Waals surface area contributed by atoms with Crippen LogP contribution in [0.4, 0.5) is 0 Å². The number of benzene rings is 1. The van der Waals surface area contributed by atoms with E-state index in [9.17, 15) is 0 Å². The largest absolute Gasteiger partial charge is 0.0840 e. The Balaban J connectivity index is 1.97. The van der Waals surface area contributed by atoms with Gasteiger partial charge in [-0.3, -0.25) is 0 Å². The Kier molecular flexibility index (Phi) is 3.17. The van der Waals surface area contributed by atoms with Crippen molar-refractivity contribution in [1.82, 2.24) is 0 Å². The van der Waals surface area contributed by atoms with E-state index >= 15 is 0 Å². The number of halogens is 1. The Bertz CT molecular complexity index is 412. The van der Waals surface area contributed by atoms with E-state index in [1.807, 2.05) is 0 Å². The lowest BCUT2D eigenvalue weighted by atomic mass is 9.81. The summed E-state index contributed by atoms with van der Waals surface area (Å²) >= 11 is 6.46. The first-order valence-electron chi connectivity index (χ1n) is 7.06. The molecule has 0 unspecified atom stereocenters. The van der Waals surface area contributed by atoms with E-state index in [-0.39, 0.29) is 0 Å². The van der Waals surface area contributed by atoms with Crippen molar-refractivity contribution in [3.8, 4) is 0 Å².